The molecule has 0 radical (unpaired) electrons. The van der Waals surface area contributed by atoms with E-state index in [2.05, 4.69) is 10.3 Å². The van der Waals surface area contributed by atoms with Crippen LogP contribution >= 0.6 is 0 Å². The molecule has 2 N–H and O–H groups in total. The van der Waals surface area contributed by atoms with Gasteiger partial charge in [0.25, 0.3) is 0 Å². The van der Waals surface area contributed by atoms with Gasteiger partial charge in [-0.25, -0.2) is 8.78 Å². The van der Waals surface area contributed by atoms with Gasteiger partial charge in [-0.15, -0.1) is 0 Å². The summed E-state index contributed by atoms with van der Waals surface area (Å²) in [4.78, 5) is 3.90. The molecule has 0 aliphatic heterocycles. The Morgan fingerprint density at radius 3 is 2.79 bits per heavy atom. The van der Waals surface area contributed by atoms with E-state index >= 15 is 0 Å². The third kappa shape index (κ3) is 2.98. The number of aromatic nitrogens is 1. The van der Waals surface area contributed by atoms with Crippen molar-refractivity contribution in [2.45, 2.75) is 25.9 Å². The van der Waals surface area contributed by atoms with E-state index < -0.39 is 17.2 Å². The molecule has 0 aliphatic rings. The fraction of sp³-hybridized carbons (Fsp3) is 0.357. The van der Waals surface area contributed by atoms with Crippen molar-refractivity contribution in [1.29, 1.82) is 0 Å². The lowest BCUT2D eigenvalue weighted by Gasteiger charge is -2.22. The van der Waals surface area contributed by atoms with E-state index in [0.717, 1.165) is 6.07 Å². The van der Waals surface area contributed by atoms with Crippen molar-refractivity contribution in [2.24, 2.45) is 0 Å². The molecular weight excluding hydrogens is 250 g/mol. The Morgan fingerprint density at radius 2 is 2.11 bits per heavy atom. The molecule has 19 heavy (non-hydrogen) atoms. The Hall–Kier alpha value is -1.75. The molecule has 0 saturated heterocycles. The van der Waals surface area contributed by atoms with Crippen molar-refractivity contribution < 1.29 is 13.9 Å². The minimum Gasteiger partial charge on any atom is -0.388 e. The summed E-state index contributed by atoms with van der Waals surface area (Å²) in [6, 6.07) is 3.67. The van der Waals surface area contributed by atoms with Gasteiger partial charge >= 0.3 is 0 Å². The second kappa shape index (κ2) is 5.09. The lowest BCUT2D eigenvalue weighted by atomic mass is 10.0. The molecule has 5 heteroatoms. The minimum atomic E-state index is -0.874. The van der Waals surface area contributed by atoms with E-state index in [4.69, 9.17) is 0 Å². The molecule has 1 atom stereocenters. The number of anilines is 1. The number of hydrogen-bond donors (Lipinski definition) is 2. The summed E-state index contributed by atoms with van der Waals surface area (Å²) < 4.78 is 26.9. The number of rotatable bonds is 4. The highest BCUT2D eigenvalue weighted by Gasteiger charge is 2.18. The zero-order valence-corrected chi connectivity index (χ0v) is 10.9. The molecule has 3 nitrogen and oxygen atoms in total. The molecule has 2 aromatic rings. The summed E-state index contributed by atoms with van der Waals surface area (Å²) in [5.41, 5.74) is -0.207. The second-order valence-corrected chi connectivity index (χ2v) is 4.85. The lowest BCUT2D eigenvalue weighted by molar-refractivity contribution is 0.0698. The van der Waals surface area contributed by atoms with Crippen LogP contribution in [0.4, 0.5) is 14.5 Å². The van der Waals surface area contributed by atoms with E-state index in [-0.39, 0.29) is 5.52 Å². The first-order chi connectivity index (χ1) is 8.93. The molecule has 102 valence electrons. The number of fused-ring (bicyclic) bond motifs is 1. The van der Waals surface area contributed by atoms with Crippen LogP contribution in [0.5, 0.6) is 0 Å². The highest BCUT2D eigenvalue weighted by Crippen LogP contribution is 2.25. The van der Waals surface area contributed by atoms with E-state index in [1.54, 1.807) is 13.0 Å². The van der Waals surface area contributed by atoms with Crippen LogP contribution in [0.15, 0.2) is 24.4 Å². The van der Waals surface area contributed by atoms with E-state index in [1.807, 2.05) is 6.92 Å². The smallest absolute Gasteiger partial charge is 0.152 e. The SMILES string of the molecule is CCC(C)(O)CNc1ccnc2c(F)cc(F)cc12. The molecule has 0 bridgehead atoms. The Balaban J connectivity index is 2.39. The largest absolute Gasteiger partial charge is 0.388 e. The molecular formula is C14H16F2N2O. The summed E-state index contributed by atoms with van der Waals surface area (Å²) in [5, 5.41) is 13.3. The second-order valence-electron chi connectivity index (χ2n) is 4.85. The number of halogens is 2. The van der Waals surface area contributed by atoms with Crippen LogP contribution in [0.25, 0.3) is 10.9 Å². The van der Waals surface area contributed by atoms with Crippen molar-refractivity contribution in [1.82, 2.24) is 4.98 Å². The molecule has 0 saturated carbocycles. The molecule has 0 fully saturated rings. The zero-order valence-electron chi connectivity index (χ0n) is 10.9. The standard InChI is InChI=1S/C14H16F2N2O/c1-3-14(2,19)8-18-12-4-5-17-13-10(12)6-9(15)7-11(13)16/h4-7,19H,3,8H2,1-2H3,(H,17,18). The van der Waals surface area contributed by atoms with Gasteiger partial charge in [-0.3, -0.25) is 4.98 Å². The van der Waals surface area contributed by atoms with Crippen molar-refractivity contribution in [3.05, 3.63) is 36.0 Å². The summed E-state index contributed by atoms with van der Waals surface area (Å²) in [5.74, 6) is -1.34. The van der Waals surface area contributed by atoms with E-state index in [0.29, 0.717) is 24.0 Å². The first kappa shape index (κ1) is 13.7. The number of nitrogens with zero attached hydrogens (tertiary/aromatic N) is 1. The van der Waals surface area contributed by atoms with Crippen LogP contribution in [0, 0.1) is 11.6 Å². The summed E-state index contributed by atoms with van der Waals surface area (Å²) in [6.45, 7) is 3.86. The van der Waals surface area contributed by atoms with Crippen LogP contribution in [0.1, 0.15) is 20.3 Å². The molecule has 2 rings (SSSR count). The maximum absolute atomic E-state index is 13.6. The number of aliphatic hydroxyl groups is 1. The highest BCUT2D eigenvalue weighted by atomic mass is 19.1. The lowest BCUT2D eigenvalue weighted by Crippen LogP contribution is -2.32. The van der Waals surface area contributed by atoms with Crippen LogP contribution in [-0.4, -0.2) is 22.2 Å². The first-order valence-corrected chi connectivity index (χ1v) is 6.13. The Kier molecular flexibility index (Phi) is 3.66. The number of pyridine rings is 1. The van der Waals surface area contributed by atoms with Crippen LogP contribution < -0.4 is 5.32 Å². The van der Waals surface area contributed by atoms with Gasteiger partial charge in [0.05, 0.1) is 5.60 Å². The van der Waals surface area contributed by atoms with Crippen molar-refractivity contribution in [2.75, 3.05) is 11.9 Å². The average Bonchev–Trinajstić information content (AvgIpc) is 2.36. The number of nitrogens with one attached hydrogen (secondary N) is 1. The average molecular weight is 266 g/mol. The third-order valence-electron chi connectivity index (χ3n) is 3.18. The predicted molar refractivity (Wildman–Crippen MR) is 71.1 cm³/mol. The first-order valence-electron chi connectivity index (χ1n) is 6.13. The quantitative estimate of drug-likeness (QED) is 0.893. The maximum Gasteiger partial charge on any atom is 0.152 e. The summed E-state index contributed by atoms with van der Waals surface area (Å²) >= 11 is 0. The highest BCUT2D eigenvalue weighted by molar-refractivity contribution is 5.91. The van der Waals surface area contributed by atoms with Crippen molar-refractivity contribution in [3.8, 4) is 0 Å². The fourth-order valence-electron chi connectivity index (χ4n) is 1.74. The van der Waals surface area contributed by atoms with Crippen LogP contribution in [-0.2, 0) is 0 Å². The van der Waals surface area contributed by atoms with E-state index in [1.165, 1.54) is 12.3 Å². The van der Waals surface area contributed by atoms with E-state index in [9.17, 15) is 13.9 Å². The van der Waals surface area contributed by atoms with Crippen LogP contribution in [0.3, 0.4) is 0 Å². The van der Waals surface area contributed by atoms with Gasteiger partial charge in [-0.05, 0) is 25.5 Å². The van der Waals surface area contributed by atoms with Gasteiger partial charge < -0.3 is 10.4 Å². The molecule has 0 amide bonds. The minimum absolute atomic E-state index is 0.113. The topological polar surface area (TPSA) is 45.1 Å². The molecule has 1 heterocycles. The maximum atomic E-state index is 13.6. The zero-order chi connectivity index (χ0) is 14.0. The Morgan fingerprint density at radius 1 is 1.37 bits per heavy atom. The summed E-state index contributed by atoms with van der Waals surface area (Å²) in [6.07, 6.45) is 2.03. The van der Waals surface area contributed by atoms with Gasteiger partial charge in [0.1, 0.15) is 11.3 Å². The fourth-order valence-corrected chi connectivity index (χ4v) is 1.74. The Labute approximate surface area is 110 Å². The molecule has 1 aromatic carbocycles. The van der Waals surface area contributed by atoms with Gasteiger partial charge in [-0.1, -0.05) is 6.92 Å². The van der Waals surface area contributed by atoms with Gasteiger partial charge in [0.15, 0.2) is 5.82 Å². The van der Waals surface area contributed by atoms with Gasteiger partial charge in [0, 0.05) is 29.9 Å². The summed E-state index contributed by atoms with van der Waals surface area (Å²) in [7, 11) is 0. The number of hydrogen-bond acceptors (Lipinski definition) is 3. The van der Waals surface area contributed by atoms with Gasteiger partial charge in [-0.2, -0.15) is 0 Å². The third-order valence-corrected chi connectivity index (χ3v) is 3.18. The molecule has 1 unspecified atom stereocenters. The number of benzene rings is 1. The molecule has 0 aliphatic carbocycles. The normalized spacial score (nSPS) is 14.4. The van der Waals surface area contributed by atoms with Crippen LogP contribution in [0.2, 0.25) is 0 Å². The Bertz CT molecular complexity index is 599. The molecule has 1 aromatic heterocycles. The molecule has 0 spiro atoms. The monoisotopic (exact) mass is 266 g/mol. The predicted octanol–water partition coefficient (Wildman–Crippen LogP) is 3.09. The van der Waals surface area contributed by atoms with Crippen molar-refractivity contribution in [3.63, 3.8) is 0 Å². The van der Waals surface area contributed by atoms with Gasteiger partial charge in [0.2, 0.25) is 0 Å². The van der Waals surface area contributed by atoms with Crippen molar-refractivity contribution >= 4 is 16.6 Å².